The molecular weight excluding hydrogens is 286 g/mol. The molecule has 1 aromatic rings. The van der Waals surface area contributed by atoms with E-state index in [1.165, 1.54) is 6.42 Å². The van der Waals surface area contributed by atoms with Crippen LogP contribution in [0.3, 0.4) is 0 Å². The van der Waals surface area contributed by atoms with E-state index in [1.54, 1.807) is 11.3 Å². The molecule has 2 aliphatic heterocycles. The predicted molar refractivity (Wildman–Crippen MR) is 80.0 cm³/mol. The van der Waals surface area contributed by atoms with Crippen LogP contribution in [0.25, 0.3) is 0 Å². The Balaban J connectivity index is 1.26. The van der Waals surface area contributed by atoms with Gasteiger partial charge in [0, 0.05) is 30.7 Å². The van der Waals surface area contributed by atoms with Crippen molar-refractivity contribution in [3.05, 3.63) is 16.6 Å². The number of thiazole rings is 1. The highest BCUT2D eigenvalue weighted by Crippen LogP contribution is 2.39. The average molecular weight is 307 g/mol. The van der Waals surface area contributed by atoms with Gasteiger partial charge in [-0.3, -0.25) is 9.69 Å². The Hall–Kier alpha value is -0.980. The molecule has 1 N–H and O–H groups in total. The number of rotatable bonds is 4. The number of nitrogens with one attached hydrogen (secondary N) is 1. The van der Waals surface area contributed by atoms with Crippen LogP contribution in [0.2, 0.25) is 0 Å². The Morgan fingerprint density at radius 3 is 3.00 bits per heavy atom. The van der Waals surface area contributed by atoms with Gasteiger partial charge in [-0.15, -0.1) is 11.3 Å². The molecule has 1 unspecified atom stereocenters. The zero-order valence-corrected chi connectivity index (χ0v) is 12.9. The lowest BCUT2D eigenvalue weighted by Gasteiger charge is -2.47. The van der Waals surface area contributed by atoms with E-state index in [9.17, 15) is 4.79 Å². The molecule has 0 radical (unpaired) electrons. The first-order valence-corrected chi connectivity index (χ1v) is 8.69. The molecule has 0 aromatic carbocycles. The fourth-order valence-corrected chi connectivity index (χ4v) is 4.14. The quantitative estimate of drug-likeness (QED) is 0.917. The molecule has 1 atom stereocenters. The van der Waals surface area contributed by atoms with Crippen LogP contribution in [-0.2, 0) is 16.1 Å². The summed E-state index contributed by atoms with van der Waals surface area (Å²) < 4.78 is 6.09. The van der Waals surface area contributed by atoms with E-state index >= 15 is 0 Å². The molecule has 1 aromatic heterocycles. The molecule has 0 bridgehead atoms. The average Bonchev–Trinajstić information content (AvgIpc) is 3.02. The van der Waals surface area contributed by atoms with Crippen LogP contribution in [0.5, 0.6) is 0 Å². The van der Waals surface area contributed by atoms with Crippen molar-refractivity contribution in [2.45, 2.75) is 56.4 Å². The Kier molecular flexibility index (Phi) is 3.47. The predicted octanol–water partition coefficient (Wildman–Crippen LogP) is 1.55. The van der Waals surface area contributed by atoms with E-state index in [0.717, 1.165) is 50.3 Å². The van der Waals surface area contributed by atoms with Crippen molar-refractivity contribution in [1.29, 1.82) is 0 Å². The summed E-state index contributed by atoms with van der Waals surface area (Å²) in [6.07, 6.45) is 6.99. The van der Waals surface area contributed by atoms with Gasteiger partial charge in [0.15, 0.2) is 0 Å². The molecule has 1 spiro atoms. The molecule has 1 amide bonds. The zero-order chi connectivity index (χ0) is 14.3. The molecule has 114 valence electrons. The van der Waals surface area contributed by atoms with Crippen molar-refractivity contribution in [3.8, 4) is 0 Å². The van der Waals surface area contributed by atoms with Crippen molar-refractivity contribution in [3.63, 3.8) is 0 Å². The molecule has 3 fully saturated rings. The van der Waals surface area contributed by atoms with Gasteiger partial charge in [0.2, 0.25) is 5.91 Å². The van der Waals surface area contributed by atoms with Crippen molar-refractivity contribution < 1.29 is 9.53 Å². The molecule has 3 heterocycles. The second kappa shape index (κ2) is 5.34. The van der Waals surface area contributed by atoms with E-state index < -0.39 is 0 Å². The highest BCUT2D eigenvalue weighted by Gasteiger charge is 2.51. The maximum atomic E-state index is 12.2. The number of hydrogen-bond donors (Lipinski definition) is 1. The lowest BCUT2D eigenvalue weighted by molar-refractivity contribution is -0.158. The third-order valence-corrected chi connectivity index (χ3v) is 5.63. The van der Waals surface area contributed by atoms with Crippen LogP contribution in [0, 0.1) is 0 Å². The van der Waals surface area contributed by atoms with Crippen LogP contribution in [-0.4, -0.2) is 46.6 Å². The highest BCUT2D eigenvalue weighted by atomic mass is 32.1. The lowest BCUT2D eigenvalue weighted by atomic mass is 9.90. The normalized spacial score (nSPS) is 28.3. The maximum absolute atomic E-state index is 12.2. The van der Waals surface area contributed by atoms with Gasteiger partial charge >= 0.3 is 0 Å². The van der Waals surface area contributed by atoms with E-state index in [2.05, 4.69) is 15.2 Å². The number of aromatic nitrogens is 1. The first-order chi connectivity index (χ1) is 10.2. The van der Waals surface area contributed by atoms with E-state index in [-0.39, 0.29) is 17.6 Å². The standard InChI is InChI=1S/C15H21N3O2S/c19-14(17-11-2-1-3-11)12-4-5-15(20-12)9-18(10-15)8-13-16-6-7-21-13/h6-7,11-12H,1-5,8-10H2,(H,17,19). The summed E-state index contributed by atoms with van der Waals surface area (Å²) in [5.74, 6) is 0.106. The summed E-state index contributed by atoms with van der Waals surface area (Å²) in [6.45, 7) is 2.77. The number of nitrogens with zero attached hydrogens (tertiary/aromatic N) is 2. The SMILES string of the molecule is O=C(NC1CCC1)C1CCC2(CN(Cc3nccs3)C2)O1. The van der Waals surface area contributed by atoms with Crippen LogP contribution >= 0.6 is 11.3 Å². The first kappa shape index (κ1) is 13.7. The second-order valence-electron chi connectivity index (χ2n) is 6.54. The van der Waals surface area contributed by atoms with Gasteiger partial charge in [-0.25, -0.2) is 4.98 Å². The fourth-order valence-electron chi connectivity index (χ4n) is 3.48. The van der Waals surface area contributed by atoms with Crippen LogP contribution in [0.15, 0.2) is 11.6 Å². The number of amides is 1. The monoisotopic (exact) mass is 307 g/mol. The van der Waals surface area contributed by atoms with Gasteiger partial charge in [0.05, 0.1) is 12.1 Å². The molecule has 21 heavy (non-hydrogen) atoms. The molecular formula is C15H21N3O2S. The molecule has 2 saturated heterocycles. The second-order valence-corrected chi connectivity index (χ2v) is 7.51. The number of hydrogen-bond acceptors (Lipinski definition) is 5. The molecule has 1 aliphatic carbocycles. The van der Waals surface area contributed by atoms with Crippen LogP contribution in [0.1, 0.15) is 37.1 Å². The summed E-state index contributed by atoms with van der Waals surface area (Å²) in [5, 5.41) is 6.27. The fraction of sp³-hybridized carbons (Fsp3) is 0.733. The summed E-state index contributed by atoms with van der Waals surface area (Å²) in [7, 11) is 0. The Morgan fingerprint density at radius 1 is 1.48 bits per heavy atom. The van der Waals surface area contributed by atoms with Gasteiger partial charge in [-0.05, 0) is 32.1 Å². The van der Waals surface area contributed by atoms with Crippen molar-refractivity contribution in [1.82, 2.24) is 15.2 Å². The molecule has 3 aliphatic rings. The van der Waals surface area contributed by atoms with Crippen molar-refractivity contribution >= 4 is 17.2 Å². The summed E-state index contributed by atoms with van der Waals surface area (Å²) >= 11 is 1.69. The van der Waals surface area contributed by atoms with E-state index in [0.29, 0.717) is 6.04 Å². The molecule has 1 saturated carbocycles. The zero-order valence-electron chi connectivity index (χ0n) is 12.1. The Bertz CT molecular complexity index is 509. The minimum absolute atomic E-state index is 0.0706. The van der Waals surface area contributed by atoms with Crippen molar-refractivity contribution in [2.24, 2.45) is 0 Å². The Morgan fingerprint density at radius 2 is 2.33 bits per heavy atom. The smallest absolute Gasteiger partial charge is 0.249 e. The minimum Gasteiger partial charge on any atom is -0.359 e. The number of ether oxygens (including phenoxy) is 1. The Labute approximate surface area is 128 Å². The highest BCUT2D eigenvalue weighted by molar-refractivity contribution is 7.09. The van der Waals surface area contributed by atoms with Gasteiger partial charge in [-0.1, -0.05) is 0 Å². The third-order valence-electron chi connectivity index (χ3n) is 4.86. The van der Waals surface area contributed by atoms with E-state index in [4.69, 9.17) is 4.74 Å². The summed E-state index contributed by atoms with van der Waals surface area (Å²) in [4.78, 5) is 18.8. The lowest BCUT2D eigenvalue weighted by Crippen LogP contribution is -2.61. The van der Waals surface area contributed by atoms with Gasteiger partial charge < -0.3 is 10.1 Å². The first-order valence-electron chi connectivity index (χ1n) is 7.81. The van der Waals surface area contributed by atoms with Gasteiger partial charge in [0.1, 0.15) is 11.1 Å². The number of carbonyl (C=O) groups excluding carboxylic acids is 1. The molecule has 6 heteroatoms. The van der Waals surface area contributed by atoms with Gasteiger partial charge in [0.25, 0.3) is 0 Å². The molecule has 4 rings (SSSR count). The van der Waals surface area contributed by atoms with Crippen LogP contribution < -0.4 is 5.32 Å². The third kappa shape index (κ3) is 2.72. The summed E-state index contributed by atoms with van der Waals surface area (Å²) in [5.41, 5.74) is -0.0706. The van der Waals surface area contributed by atoms with Crippen molar-refractivity contribution in [2.75, 3.05) is 13.1 Å². The van der Waals surface area contributed by atoms with Gasteiger partial charge in [-0.2, -0.15) is 0 Å². The number of carbonyl (C=O) groups is 1. The topological polar surface area (TPSA) is 54.5 Å². The maximum Gasteiger partial charge on any atom is 0.249 e. The molecule has 5 nitrogen and oxygen atoms in total. The number of likely N-dealkylation sites (tertiary alicyclic amines) is 1. The van der Waals surface area contributed by atoms with Crippen LogP contribution in [0.4, 0.5) is 0 Å². The minimum atomic E-state index is -0.229. The van der Waals surface area contributed by atoms with E-state index in [1.807, 2.05) is 11.6 Å². The summed E-state index contributed by atoms with van der Waals surface area (Å²) in [6, 6.07) is 0.403. The largest absolute Gasteiger partial charge is 0.359 e.